The molecule has 20 heavy (non-hydrogen) atoms. The number of benzene rings is 1. The van der Waals surface area contributed by atoms with E-state index in [0.717, 1.165) is 30.2 Å². The molecule has 1 fully saturated rings. The van der Waals surface area contributed by atoms with Crippen LogP contribution in [0.1, 0.15) is 32.1 Å². The molecule has 1 aliphatic rings. The lowest BCUT2D eigenvalue weighted by molar-refractivity contribution is 0.263. The van der Waals surface area contributed by atoms with Gasteiger partial charge in [-0.2, -0.15) is 4.31 Å². The summed E-state index contributed by atoms with van der Waals surface area (Å²) in [7, 11) is -3.41. The largest absolute Gasteiger partial charge is 0.243 e. The van der Waals surface area contributed by atoms with E-state index in [-0.39, 0.29) is 6.04 Å². The number of halogens is 2. The molecule has 0 N–H and O–H groups in total. The number of hydrogen-bond acceptors (Lipinski definition) is 2. The highest BCUT2D eigenvalue weighted by Crippen LogP contribution is 2.28. The van der Waals surface area contributed by atoms with Crippen LogP contribution in [0.25, 0.3) is 0 Å². The van der Waals surface area contributed by atoms with Gasteiger partial charge >= 0.3 is 0 Å². The van der Waals surface area contributed by atoms with Gasteiger partial charge < -0.3 is 0 Å². The molecular weight excluding hydrogens is 406 g/mol. The van der Waals surface area contributed by atoms with E-state index in [9.17, 15) is 8.42 Å². The van der Waals surface area contributed by atoms with Gasteiger partial charge in [-0.3, -0.25) is 0 Å². The summed E-state index contributed by atoms with van der Waals surface area (Å²) in [5, 5.41) is 0.663. The molecule has 6 heteroatoms. The Hall–Kier alpha value is 0.0900. The molecule has 0 unspecified atom stereocenters. The molecule has 1 aliphatic carbocycles. The highest BCUT2D eigenvalue weighted by molar-refractivity contribution is 9.10. The SMILES string of the molecule is O=S(=O)(c1cccc(Br)c1)N(CCBr)C1CCCCC1. The molecule has 0 aliphatic heterocycles. The second kappa shape index (κ2) is 7.38. The smallest absolute Gasteiger partial charge is 0.207 e. The summed E-state index contributed by atoms with van der Waals surface area (Å²) in [6.07, 6.45) is 5.41. The summed E-state index contributed by atoms with van der Waals surface area (Å²) < 4.78 is 28.2. The molecule has 2 rings (SSSR count). The van der Waals surface area contributed by atoms with Crippen LogP contribution in [0.15, 0.2) is 33.6 Å². The highest BCUT2D eigenvalue weighted by atomic mass is 79.9. The fourth-order valence-electron chi connectivity index (χ4n) is 2.71. The van der Waals surface area contributed by atoms with Crippen molar-refractivity contribution >= 4 is 41.9 Å². The lowest BCUT2D eigenvalue weighted by Gasteiger charge is -2.33. The summed E-state index contributed by atoms with van der Waals surface area (Å²) in [5.41, 5.74) is 0. The quantitative estimate of drug-likeness (QED) is 0.665. The van der Waals surface area contributed by atoms with E-state index in [1.807, 2.05) is 6.07 Å². The van der Waals surface area contributed by atoms with Crippen molar-refractivity contribution in [3.05, 3.63) is 28.7 Å². The number of alkyl halides is 1. The summed E-state index contributed by atoms with van der Waals surface area (Å²) in [4.78, 5) is 0.374. The fourth-order valence-corrected chi connectivity index (χ4v) is 5.61. The average molecular weight is 425 g/mol. The van der Waals surface area contributed by atoms with Gasteiger partial charge in [0, 0.05) is 22.4 Å². The Morgan fingerprint density at radius 2 is 1.90 bits per heavy atom. The Bertz CT molecular complexity index is 542. The monoisotopic (exact) mass is 423 g/mol. The van der Waals surface area contributed by atoms with E-state index in [2.05, 4.69) is 31.9 Å². The summed E-state index contributed by atoms with van der Waals surface area (Å²) in [6, 6.07) is 7.10. The van der Waals surface area contributed by atoms with Crippen molar-refractivity contribution in [2.75, 3.05) is 11.9 Å². The third-order valence-corrected chi connectivity index (χ3v) is 6.49. The molecule has 0 heterocycles. The minimum Gasteiger partial charge on any atom is -0.207 e. The zero-order valence-corrected chi connectivity index (χ0v) is 15.3. The van der Waals surface area contributed by atoms with Crippen LogP contribution in [-0.2, 0) is 10.0 Å². The maximum absolute atomic E-state index is 12.9. The van der Waals surface area contributed by atoms with Crippen LogP contribution in [0, 0.1) is 0 Å². The van der Waals surface area contributed by atoms with E-state index in [4.69, 9.17) is 0 Å². The van der Waals surface area contributed by atoms with Crippen molar-refractivity contribution in [2.24, 2.45) is 0 Å². The third-order valence-electron chi connectivity index (χ3n) is 3.69. The van der Waals surface area contributed by atoms with Gasteiger partial charge in [-0.25, -0.2) is 8.42 Å². The summed E-state index contributed by atoms with van der Waals surface area (Å²) in [6.45, 7) is 0.527. The van der Waals surface area contributed by atoms with Crippen molar-refractivity contribution < 1.29 is 8.42 Å². The van der Waals surface area contributed by atoms with Gasteiger partial charge in [0.1, 0.15) is 0 Å². The van der Waals surface area contributed by atoms with Gasteiger partial charge in [0.15, 0.2) is 0 Å². The van der Waals surface area contributed by atoms with Crippen molar-refractivity contribution in [3.63, 3.8) is 0 Å². The molecule has 3 nitrogen and oxygen atoms in total. The molecule has 1 aromatic carbocycles. The molecule has 112 valence electrons. The van der Waals surface area contributed by atoms with Gasteiger partial charge in [0.25, 0.3) is 0 Å². The Labute approximate surface area is 138 Å². The number of nitrogens with zero attached hydrogens (tertiary/aromatic N) is 1. The van der Waals surface area contributed by atoms with Crippen molar-refractivity contribution in [1.82, 2.24) is 4.31 Å². The second-order valence-corrected chi connectivity index (χ2v) is 8.65. The first-order valence-electron chi connectivity index (χ1n) is 6.89. The standard InChI is InChI=1S/C14H19Br2NO2S/c15-9-10-17(13-6-2-1-3-7-13)20(18,19)14-8-4-5-12(16)11-14/h4-5,8,11,13H,1-3,6-7,9-10H2. The van der Waals surface area contributed by atoms with Crippen molar-refractivity contribution in [1.29, 1.82) is 0 Å². The molecule has 0 amide bonds. The van der Waals surface area contributed by atoms with Gasteiger partial charge in [-0.1, -0.05) is 57.2 Å². The minimum absolute atomic E-state index is 0.144. The normalized spacial score (nSPS) is 17.6. The predicted octanol–water partition coefficient (Wildman–Crippen LogP) is 4.17. The first-order chi connectivity index (χ1) is 9.55. The number of hydrogen-bond donors (Lipinski definition) is 0. The second-order valence-electron chi connectivity index (χ2n) is 5.05. The molecular formula is C14H19Br2NO2S. The third kappa shape index (κ3) is 3.84. The highest BCUT2D eigenvalue weighted by Gasteiger charge is 2.31. The molecule has 0 saturated heterocycles. The van der Waals surface area contributed by atoms with Crippen LogP contribution >= 0.6 is 31.9 Å². The van der Waals surface area contributed by atoms with Crippen molar-refractivity contribution in [3.8, 4) is 0 Å². The van der Waals surface area contributed by atoms with Gasteiger partial charge in [0.2, 0.25) is 10.0 Å². The van der Waals surface area contributed by atoms with Crippen LogP contribution in [0.5, 0.6) is 0 Å². The van der Waals surface area contributed by atoms with Gasteiger partial charge in [-0.05, 0) is 31.0 Å². The van der Waals surface area contributed by atoms with Crippen LogP contribution in [0.3, 0.4) is 0 Å². The first kappa shape index (κ1) is 16.5. The van der Waals surface area contributed by atoms with E-state index < -0.39 is 10.0 Å². The van der Waals surface area contributed by atoms with Gasteiger partial charge in [-0.15, -0.1) is 0 Å². The minimum atomic E-state index is -3.41. The summed E-state index contributed by atoms with van der Waals surface area (Å²) in [5.74, 6) is 0. The lowest BCUT2D eigenvalue weighted by atomic mass is 9.95. The Kier molecular flexibility index (Phi) is 6.08. The van der Waals surface area contributed by atoms with Crippen LogP contribution in [0.2, 0.25) is 0 Å². The van der Waals surface area contributed by atoms with Crippen molar-refractivity contribution in [2.45, 2.75) is 43.0 Å². The zero-order valence-electron chi connectivity index (χ0n) is 11.3. The zero-order chi connectivity index (χ0) is 14.6. The predicted molar refractivity (Wildman–Crippen MR) is 88.7 cm³/mol. The average Bonchev–Trinajstić information content (AvgIpc) is 2.45. The number of rotatable bonds is 5. The maximum atomic E-state index is 12.9. The van der Waals surface area contributed by atoms with Crippen LogP contribution in [-0.4, -0.2) is 30.6 Å². The van der Waals surface area contributed by atoms with Gasteiger partial charge in [0.05, 0.1) is 4.90 Å². The van der Waals surface area contributed by atoms with E-state index in [1.54, 1.807) is 22.5 Å². The van der Waals surface area contributed by atoms with E-state index in [0.29, 0.717) is 16.8 Å². The van der Waals surface area contributed by atoms with Crippen LogP contribution in [0.4, 0.5) is 0 Å². The number of sulfonamides is 1. The molecule has 0 atom stereocenters. The van der Waals surface area contributed by atoms with E-state index >= 15 is 0 Å². The Morgan fingerprint density at radius 1 is 1.20 bits per heavy atom. The summed E-state index contributed by atoms with van der Waals surface area (Å²) >= 11 is 6.73. The topological polar surface area (TPSA) is 37.4 Å². The molecule has 1 saturated carbocycles. The first-order valence-corrected chi connectivity index (χ1v) is 10.2. The Balaban J connectivity index is 2.31. The van der Waals surface area contributed by atoms with Crippen LogP contribution < -0.4 is 0 Å². The molecule has 0 bridgehead atoms. The fraction of sp³-hybridized carbons (Fsp3) is 0.571. The maximum Gasteiger partial charge on any atom is 0.243 e. The Morgan fingerprint density at radius 3 is 2.50 bits per heavy atom. The molecule has 0 radical (unpaired) electrons. The molecule has 1 aromatic rings. The molecule has 0 spiro atoms. The lowest BCUT2D eigenvalue weighted by Crippen LogP contribution is -2.42. The van der Waals surface area contributed by atoms with E-state index in [1.165, 1.54) is 6.42 Å². The molecule has 0 aromatic heterocycles.